The third-order valence-electron chi connectivity index (χ3n) is 7.50. The fourth-order valence-corrected chi connectivity index (χ4v) is 4.42. The van der Waals surface area contributed by atoms with Gasteiger partial charge < -0.3 is 9.31 Å². The van der Waals surface area contributed by atoms with Gasteiger partial charge in [0.2, 0.25) is 0 Å². The number of hydrogen-bond acceptors (Lipinski definition) is 3. The van der Waals surface area contributed by atoms with E-state index in [2.05, 4.69) is 114 Å². The molecule has 0 saturated carbocycles. The molecule has 0 unspecified atom stereocenters. The fourth-order valence-electron chi connectivity index (χ4n) is 4.42. The van der Waals surface area contributed by atoms with Gasteiger partial charge in [-0.1, -0.05) is 91.5 Å². The Kier molecular flexibility index (Phi) is 6.19. The van der Waals surface area contributed by atoms with Crippen molar-refractivity contribution < 1.29 is 9.31 Å². The Morgan fingerprint density at radius 2 is 1.47 bits per heavy atom. The molecule has 1 fully saturated rings. The normalized spacial score (nSPS) is 16.6. The van der Waals surface area contributed by atoms with E-state index in [1.165, 1.54) is 0 Å². The lowest BCUT2D eigenvalue weighted by Gasteiger charge is -2.32. The molecule has 0 N–H and O–H groups in total. The van der Waals surface area contributed by atoms with E-state index >= 15 is 0 Å². The number of allylic oxidation sites excluding steroid dienone is 2. The molecule has 0 atom stereocenters. The number of benzene rings is 3. The van der Waals surface area contributed by atoms with Gasteiger partial charge in [-0.05, 0) is 68.4 Å². The summed E-state index contributed by atoms with van der Waals surface area (Å²) in [4.78, 5) is 4.98. The summed E-state index contributed by atoms with van der Waals surface area (Å²) < 4.78 is 12.4. The van der Waals surface area contributed by atoms with E-state index in [1.54, 1.807) is 0 Å². The summed E-state index contributed by atoms with van der Waals surface area (Å²) in [6, 6.07) is 27.1. The minimum absolute atomic E-state index is 0.350. The SMILES string of the molecule is C=C(/C=C\c1ccc2ccc(-c3ccccc3)nc2c1C)c1ccc(B2OC(C)(C)C(C)(C)O2)cc1. The van der Waals surface area contributed by atoms with Gasteiger partial charge in [-0.25, -0.2) is 4.98 Å². The summed E-state index contributed by atoms with van der Waals surface area (Å²) in [6.07, 6.45) is 4.19. The number of rotatable bonds is 5. The van der Waals surface area contributed by atoms with E-state index in [0.29, 0.717) is 0 Å². The molecule has 2 heterocycles. The predicted molar refractivity (Wildman–Crippen MR) is 152 cm³/mol. The minimum atomic E-state index is -0.360. The van der Waals surface area contributed by atoms with Gasteiger partial charge in [-0.15, -0.1) is 0 Å². The standard InChI is InChI=1S/C32H32BNO2/c1-22(24-16-19-28(20-17-24)33-35-31(3,4)32(5,6)36-33)12-13-25-14-15-27-18-21-29(34-30(27)23(25)2)26-10-8-7-9-11-26/h7-21H,1H2,2-6H3/b13-12-. The minimum Gasteiger partial charge on any atom is -0.399 e. The topological polar surface area (TPSA) is 31.4 Å². The average molecular weight is 473 g/mol. The number of pyridine rings is 1. The second kappa shape index (κ2) is 9.20. The maximum Gasteiger partial charge on any atom is 0.494 e. The lowest BCUT2D eigenvalue weighted by molar-refractivity contribution is 0.00578. The molecule has 3 aromatic carbocycles. The molecule has 3 nitrogen and oxygen atoms in total. The number of aryl methyl sites for hydroxylation is 1. The van der Waals surface area contributed by atoms with Gasteiger partial charge in [0.15, 0.2) is 0 Å². The van der Waals surface area contributed by atoms with Crippen LogP contribution in [0.25, 0.3) is 33.8 Å². The number of nitrogens with zero attached hydrogens (tertiary/aromatic N) is 1. The first-order valence-corrected chi connectivity index (χ1v) is 12.4. The monoisotopic (exact) mass is 473 g/mol. The molecule has 0 bridgehead atoms. The van der Waals surface area contributed by atoms with Crippen molar-refractivity contribution in [3.8, 4) is 11.3 Å². The number of aromatic nitrogens is 1. The molecule has 0 radical (unpaired) electrons. The van der Waals surface area contributed by atoms with Gasteiger partial charge in [0, 0.05) is 10.9 Å². The summed E-state index contributed by atoms with van der Waals surface area (Å²) in [6.45, 7) is 14.7. The summed E-state index contributed by atoms with van der Waals surface area (Å²) in [5.41, 5.74) is 7.75. The Bertz CT molecular complexity index is 1440. The molecule has 5 rings (SSSR count). The highest BCUT2D eigenvalue weighted by atomic mass is 16.7. The number of hydrogen-bond donors (Lipinski definition) is 0. The van der Waals surface area contributed by atoms with Crippen LogP contribution in [0.3, 0.4) is 0 Å². The van der Waals surface area contributed by atoms with Crippen molar-refractivity contribution >= 4 is 35.1 Å². The second-order valence-corrected chi connectivity index (χ2v) is 10.5. The molecule has 1 aromatic heterocycles. The van der Waals surface area contributed by atoms with Crippen LogP contribution in [-0.4, -0.2) is 23.3 Å². The lowest BCUT2D eigenvalue weighted by Crippen LogP contribution is -2.41. The van der Waals surface area contributed by atoms with Gasteiger partial charge in [0.05, 0.1) is 22.4 Å². The highest BCUT2D eigenvalue weighted by Gasteiger charge is 2.51. The van der Waals surface area contributed by atoms with Crippen LogP contribution in [0.4, 0.5) is 0 Å². The molecule has 1 aliphatic rings. The van der Waals surface area contributed by atoms with E-state index < -0.39 is 0 Å². The molecule has 36 heavy (non-hydrogen) atoms. The third kappa shape index (κ3) is 4.55. The zero-order valence-corrected chi connectivity index (χ0v) is 21.7. The molecule has 4 heteroatoms. The van der Waals surface area contributed by atoms with Crippen LogP contribution in [-0.2, 0) is 9.31 Å². The van der Waals surface area contributed by atoms with Crippen molar-refractivity contribution in [1.82, 2.24) is 4.98 Å². The zero-order chi connectivity index (χ0) is 25.5. The smallest absolute Gasteiger partial charge is 0.399 e. The Hall–Kier alpha value is -3.47. The zero-order valence-electron chi connectivity index (χ0n) is 21.7. The second-order valence-electron chi connectivity index (χ2n) is 10.5. The molecule has 0 spiro atoms. The first-order valence-electron chi connectivity index (χ1n) is 12.4. The molecular formula is C32H32BNO2. The van der Waals surface area contributed by atoms with E-state index in [4.69, 9.17) is 14.3 Å². The first kappa shape index (κ1) is 24.2. The first-order chi connectivity index (χ1) is 17.1. The van der Waals surface area contributed by atoms with Gasteiger partial charge in [-0.2, -0.15) is 0 Å². The number of fused-ring (bicyclic) bond motifs is 1. The maximum absolute atomic E-state index is 6.18. The van der Waals surface area contributed by atoms with Crippen molar-refractivity contribution in [2.24, 2.45) is 0 Å². The molecular weight excluding hydrogens is 441 g/mol. The van der Waals surface area contributed by atoms with Crippen LogP contribution >= 0.6 is 0 Å². The summed E-state index contributed by atoms with van der Waals surface area (Å²) in [7, 11) is -0.360. The highest BCUT2D eigenvalue weighted by Crippen LogP contribution is 2.36. The van der Waals surface area contributed by atoms with Gasteiger partial charge >= 0.3 is 7.12 Å². The highest BCUT2D eigenvalue weighted by molar-refractivity contribution is 6.62. The van der Waals surface area contributed by atoms with E-state index in [-0.39, 0.29) is 18.3 Å². The Morgan fingerprint density at radius 1 is 0.833 bits per heavy atom. The van der Waals surface area contributed by atoms with Gasteiger partial charge in [0.1, 0.15) is 0 Å². The van der Waals surface area contributed by atoms with E-state index in [1.807, 2.05) is 18.2 Å². The molecule has 1 aliphatic heterocycles. The van der Waals surface area contributed by atoms with Gasteiger partial charge in [-0.3, -0.25) is 0 Å². The molecule has 180 valence electrons. The van der Waals surface area contributed by atoms with Crippen molar-refractivity contribution in [3.63, 3.8) is 0 Å². The molecule has 4 aromatic rings. The van der Waals surface area contributed by atoms with Crippen LogP contribution in [0.1, 0.15) is 44.4 Å². The summed E-state index contributed by atoms with van der Waals surface area (Å²) >= 11 is 0. The van der Waals surface area contributed by atoms with Crippen LogP contribution in [0.15, 0.2) is 91.5 Å². The fraction of sp³-hybridized carbons (Fsp3) is 0.219. The Balaban J connectivity index is 1.35. The quantitative estimate of drug-likeness (QED) is 0.226. The van der Waals surface area contributed by atoms with Crippen molar-refractivity contribution in [1.29, 1.82) is 0 Å². The predicted octanol–water partition coefficient (Wildman–Crippen LogP) is 7.24. The van der Waals surface area contributed by atoms with Crippen LogP contribution in [0.2, 0.25) is 0 Å². The molecule has 0 aliphatic carbocycles. The van der Waals surface area contributed by atoms with Crippen LogP contribution < -0.4 is 5.46 Å². The van der Waals surface area contributed by atoms with Crippen molar-refractivity contribution in [3.05, 3.63) is 108 Å². The van der Waals surface area contributed by atoms with Crippen LogP contribution in [0.5, 0.6) is 0 Å². The van der Waals surface area contributed by atoms with Crippen LogP contribution in [0, 0.1) is 6.92 Å². The maximum atomic E-state index is 6.18. The Morgan fingerprint density at radius 3 is 2.14 bits per heavy atom. The molecule has 1 saturated heterocycles. The molecule has 0 amide bonds. The third-order valence-corrected chi connectivity index (χ3v) is 7.50. The van der Waals surface area contributed by atoms with E-state index in [0.717, 1.165) is 49.9 Å². The largest absolute Gasteiger partial charge is 0.494 e. The van der Waals surface area contributed by atoms with Crippen molar-refractivity contribution in [2.75, 3.05) is 0 Å². The lowest BCUT2D eigenvalue weighted by atomic mass is 9.78. The Labute approximate surface area is 214 Å². The summed E-state index contributed by atoms with van der Waals surface area (Å²) in [5, 5.41) is 1.14. The van der Waals surface area contributed by atoms with Crippen molar-refractivity contribution in [2.45, 2.75) is 45.8 Å². The average Bonchev–Trinajstić information content (AvgIpc) is 3.10. The summed E-state index contributed by atoms with van der Waals surface area (Å²) in [5.74, 6) is 0. The van der Waals surface area contributed by atoms with E-state index in [9.17, 15) is 0 Å². The van der Waals surface area contributed by atoms with Gasteiger partial charge in [0.25, 0.3) is 0 Å².